The lowest BCUT2D eigenvalue weighted by atomic mass is 10.1. The summed E-state index contributed by atoms with van der Waals surface area (Å²) in [7, 11) is 0. The first-order valence-corrected chi connectivity index (χ1v) is 7.39. The van der Waals surface area contributed by atoms with Crippen molar-refractivity contribution < 1.29 is 14.7 Å². The Labute approximate surface area is 135 Å². The molecule has 0 saturated heterocycles. The van der Waals surface area contributed by atoms with Crippen molar-refractivity contribution in [3.8, 4) is 0 Å². The molecule has 0 radical (unpaired) electrons. The van der Waals surface area contributed by atoms with Crippen molar-refractivity contribution in [3.05, 3.63) is 59.7 Å². The van der Waals surface area contributed by atoms with Crippen LogP contribution in [0, 0.1) is 0 Å². The van der Waals surface area contributed by atoms with E-state index in [4.69, 9.17) is 0 Å². The van der Waals surface area contributed by atoms with Gasteiger partial charge in [-0.1, -0.05) is 30.3 Å². The number of hydrogen-bond donors (Lipinski definition) is 3. The number of aliphatic hydroxyl groups is 1. The number of rotatable bonds is 6. The molecule has 3 N–H and O–H groups in total. The zero-order valence-corrected chi connectivity index (χ0v) is 13.2. The number of para-hydroxylation sites is 2. The fraction of sp³-hybridized carbons (Fsp3) is 0.222. The summed E-state index contributed by atoms with van der Waals surface area (Å²) < 4.78 is 0. The topological polar surface area (TPSA) is 78.4 Å². The molecule has 1 amide bonds. The highest BCUT2D eigenvalue weighted by Crippen LogP contribution is 2.22. The summed E-state index contributed by atoms with van der Waals surface area (Å²) in [5.41, 5.74) is 2.41. The number of Topliss-reactive ketones (excluding diaryl/α,β-unsaturated/α-hetero) is 1. The summed E-state index contributed by atoms with van der Waals surface area (Å²) >= 11 is 0. The zero-order valence-electron chi connectivity index (χ0n) is 13.2. The molecule has 2 rings (SSSR count). The summed E-state index contributed by atoms with van der Waals surface area (Å²) in [6, 6.07) is 14.1. The molecule has 0 aliphatic heterocycles. The lowest BCUT2D eigenvalue weighted by molar-refractivity contribution is -0.114. The summed E-state index contributed by atoms with van der Waals surface area (Å²) in [5, 5.41) is 15.5. The average molecular weight is 312 g/mol. The molecule has 0 aromatic heterocycles. The molecule has 0 spiro atoms. The van der Waals surface area contributed by atoms with Crippen molar-refractivity contribution in [1.29, 1.82) is 0 Å². The van der Waals surface area contributed by atoms with Crippen LogP contribution in [0.4, 0.5) is 11.4 Å². The third-order valence-corrected chi connectivity index (χ3v) is 3.43. The van der Waals surface area contributed by atoms with Crippen molar-refractivity contribution in [2.45, 2.75) is 20.0 Å². The minimum Gasteiger partial charge on any atom is -0.389 e. The van der Waals surface area contributed by atoms with Gasteiger partial charge in [0, 0.05) is 16.8 Å². The molecule has 23 heavy (non-hydrogen) atoms. The third kappa shape index (κ3) is 4.40. The molecule has 0 saturated carbocycles. The molecule has 0 aliphatic carbocycles. The Bertz CT molecular complexity index is 711. The Morgan fingerprint density at radius 1 is 1.04 bits per heavy atom. The van der Waals surface area contributed by atoms with Crippen molar-refractivity contribution in [1.82, 2.24) is 0 Å². The lowest BCUT2D eigenvalue weighted by Crippen LogP contribution is -2.23. The van der Waals surface area contributed by atoms with E-state index in [1.807, 2.05) is 12.1 Å². The number of aliphatic hydroxyl groups excluding tert-OH is 1. The van der Waals surface area contributed by atoms with Gasteiger partial charge < -0.3 is 15.7 Å². The lowest BCUT2D eigenvalue weighted by Gasteiger charge is -2.14. The van der Waals surface area contributed by atoms with Crippen LogP contribution in [0.3, 0.4) is 0 Å². The van der Waals surface area contributed by atoms with Gasteiger partial charge in [-0.3, -0.25) is 9.59 Å². The van der Waals surface area contributed by atoms with E-state index in [1.54, 1.807) is 43.3 Å². The fourth-order valence-corrected chi connectivity index (χ4v) is 2.29. The number of nitrogens with one attached hydrogen (secondary N) is 2. The SMILES string of the molecule is CC(=O)c1ccccc1NC(=O)CNc1ccccc1[C@@H](C)O. The molecule has 1 atom stereocenters. The maximum atomic E-state index is 12.1. The predicted octanol–water partition coefficient (Wildman–Crippen LogP) is 2.99. The molecule has 2 aromatic carbocycles. The predicted molar refractivity (Wildman–Crippen MR) is 90.6 cm³/mol. The average Bonchev–Trinajstić information content (AvgIpc) is 2.53. The molecule has 5 heteroatoms. The Hall–Kier alpha value is -2.66. The van der Waals surface area contributed by atoms with Crippen molar-refractivity contribution in [2.75, 3.05) is 17.2 Å². The molecule has 0 fully saturated rings. The second kappa shape index (κ2) is 7.56. The van der Waals surface area contributed by atoms with Crippen LogP contribution < -0.4 is 10.6 Å². The van der Waals surface area contributed by atoms with E-state index in [9.17, 15) is 14.7 Å². The van der Waals surface area contributed by atoms with E-state index in [1.165, 1.54) is 6.92 Å². The van der Waals surface area contributed by atoms with Gasteiger partial charge in [0.25, 0.3) is 0 Å². The van der Waals surface area contributed by atoms with Crippen LogP contribution in [0.1, 0.15) is 35.9 Å². The molecular formula is C18H20N2O3. The number of amides is 1. The van der Waals surface area contributed by atoms with Crippen molar-refractivity contribution in [3.63, 3.8) is 0 Å². The van der Waals surface area contributed by atoms with Crippen molar-refractivity contribution in [2.24, 2.45) is 0 Å². The molecule has 5 nitrogen and oxygen atoms in total. The van der Waals surface area contributed by atoms with Crippen LogP contribution in [-0.4, -0.2) is 23.3 Å². The smallest absolute Gasteiger partial charge is 0.243 e. The molecule has 0 heterocycles. The van der Waals surface area contributed by atoms with Crippen LogP contribution in [-0.2, 0) is 4.79 Å². The van der Waals surface area contributed by atoms with Gasteiger partial charge in [0.05, 0.1) is 18.3 Å². The van der Waals surface area contributed by atoms with Gasteiger partial charge in [-0.05, 0) is 32.0 Å². The molecule has 0 bridgehead atoms. The van der Waals surface area contributed by atoms with Gasteiger partial charge in [0.2, 0.25) is 5.91 Å². The van der Waals surface area contributed by atoms with E-state index in [-0.39, 0.29) is 18.2 Å². The van der Waals surface area contributed by atoms with Crippen LogP contribution >= 0.6 is 0 Å². The Morgan fingerprint density at radius 3 is 2.30 bits per heavy atom. The Balaban J connectivity index is 2.03. The van der Waals surface area contributed by atoms with E-state index in [0.29, 0.717) is 16.9 Å². The fourth-order valence-electron chi connectivity index (χ4n) is 2.29. The molecular weight excluding hydrogens is 292 g/mol. The van der Waals surface area contributed by atoms with Gasteiger partial charge in [0.1, 0.15) is 0 Å². The minimum absolute atomic E-state index is 0.0377. The zero-order chi connectivity index (χ0) is 16.8. The van der Waals surface area contributed by atoms with Gasteiger partial charge >= 0.3 is 0 Å². The van der Waals surface area contributed by atoms with Gasteiger partial charge in [-0.2, -0.15) is 0 Å². The maximum Gasteiger partial charge on any atom is 0.243 e. The van der Waals surface area contributed by atoms with Gasteiger partial charge in [-0.25, -0.2) is 0 Å². The van der Waals surface area contributed by atoms with Gasteiger partial charge in [0.15, 0.2) is 5.78 Å². The molecule has 120 valence electrons. The van der Waals surface area contributed by atoms with E-state index in [0.717, 1.165) is 5.56 Å². The summed E-state index contributed by atoms with van der Waals surface area (Å²) in [4.78, 5) is 23.6. The van der Waals surface area contributed by atoms with E-state index >= 15 is 0 Å². The number of ketones is 1. The number of anilines is 2. The second-order valence-corrected chi connectivity index (χ2v) is 5.27. The normalized spacial score (nSPS) is 11.6. The second-order valence-electron chi connectivity index (χ2n) is 5.27. The monoisotopic (exact) mass is 312 g/mol. The minimum atomic E-state index is -0.625. The number of benzene rings is 2. The largest absolute Gasteiger partial charge is 0.389 e. The first kappa shape index (κ1) is 16.7. The molecule has 0 unspecified atom stereocenters. The van der Waals surface area contributed by atoms with Crippen LogP contribution in [0.25, 0.3) is 0 Å². The highest BCUT2D eigenvalue weighted by molar-refractivity contribution is 6.04. The first-order valence-electron chi connectivity index (χ1n) is 7.39. The number of carbonyl (C=O) groups is 2. The molecule has 2 aromatic rings. The number of carbonyl (C=O) groups excluding carboxylic acids is 2. The van der Waals surface area contributed by atoms with Crippen molar-refractivity contribution >= 4 is 23.1 Å². The standard InChI is InChI=1S/C18H20N2O3/c1-12(21)14-7-3-5-9-16(14)19-11-18(23)20-17-10-6-4-8-15(17)13(2)22/h3-10,12,19,21H,11H2,1-2H3,(H,20,23)/t12-/m1/s1. The Morgan fingerprint density at radius 2 is 1.65 bits per heavy atom. The highest BCUT2D eigenvalue weighted by Gasteiger charge is 2.11. The summed E-state index contributed by atoms with van der Waals surface area (Å²) in [5.74, 6) is -0.368. The van der Waals surface area contributed by atoms with Gasteiger partial charge in [-0.15, -0.1) is 0 Å². The third-order valence-electron chi connectivity index (χ3n) is 3.43. The van der Waals surface area contributed by atoms with E-state index < -0.39 is 6.10 Å². The van der Waals surface area contributed by atoms with Crippen LogP contribution in [0.5, 0.6) is 0 Å². The summed E-state index contributed by atoms with van der Waals surface area (Å²) in [6.45, 7) is 3.17. The number of hydrogen-bond acceptors (Lipinski definition) is 4. The highest BCUT2D eigenvalue weighted by atomic mass is 16.3. The molecule has 0 aliphatic rings. The maximum absolute atomic E-state index is 12.1. The van der Waals surface area contributed by atoms with Crippen LogP contribution in [0.2, 0.25) is 0 Å². The summed E-state index contributed by atoms with van der Waals surface area (Å²) in [6.07, 6.45) is -0.625. The quantitative estimate of drug-likeness (QED) is 0.717. The Kier molecular flexibility index (Phi) is 5.49. The first-order chi connectivity index (χ1) is 11.0. The van der Waals surface area contributed by atoms with Crippen LogP contribution in [0.15, 0.2) is 48.5 Å². The van der Waals surface area contributed by atoms with E-state index in [2.05, 4.69) is 10.6 Å².